The number of rotatable bonds is 0. The van der Waals surface area contributed by atoms with Gasteiger partial charge in [0.25, 0.3) is 11.1 Å². The second-order valence-corrected chi connectivity index (χ2v) is 5.94. The highest BCUT2D eigenvalue weighted by Crippen LogP contribution is 2.28. The van der Waals surface area contributed by atoms with Gasteiger partial charge in [0.15, 0.2) is 34.1 Å². The Morgan fingerprint density at radius 3 is 1.39 bits per heavy atom. The molecule has 0 unspecified atom stereocenters. The fraction of sp³-hybridized carbons (Fsp3) is 0. The van der Waals surface area contributed by atoms with E-state index < -0.39 is 11.1 Å². The lowest BCUT2D eigenvalue weighted by Crippen LogP contribution is -2.10. The van der Waals surface area contributed by atoms with Crippen LogP contribution in [0.5, 0.6) is 0 Å². The van der Waals surface area contributed by atoms with Crippen molar-refractivity contribution in [3.8, 4) is 24.3 Å². The van der Waals surface area contributed by atoms with Crippen molar-refractivity contribution in [1.29, 1.82) is 21.0 Å². The van der Waals surface area contributed by atoms with Gasteiger partial charge >= 0.3 is 0 Å². The van der Waals surface area contributed by atoms with Gasteiger partial charge in [-0.1, -0.05) is 0 Å². The zero-order chi connectivity index (χ0) is 19.7. The summed E-state index contributed by atoms with van der Waals surface area (Å²) in [5, 5.41) is 37.8. The van der Waals surface area contributed by atoms with Crippen LogP contribution in [-0.2, 0) is 0 Å². The number of fused-ring (bicyclic) bond motifs is 6. The van der Waals surface area contributed by atoms with Crippen molar-refractivity contribution in [3.63, 3.8) is 0 Å². The Labute approximate surface area is 153 Å². The molecule has 10 nitrogen and oxygen atoms in total. The molecular weight excluding hydrogens is 360 g/mol. The smallest absolute Gasteiger partial charge is 0.265 e. The molecule has 0 radical (unpaired) electrons. The lowest BCUT2D eigenvalue weighted by molar-refractivity contribution is 1.13. The second kappa shape index (κ2) is 4.76. The minimum atomic E-state index is -0.575. The van der Waals surface area contributed by atoms with Crippen molar-refractivity contribution in [1.82, 2.24) is 18.8 Å². The summed E-state index contributed by atoms with van der Waals surface area (Å²) in [5.74, 6) is 0. The van der Waals surface area contributed by atoms with Crippen LogP contribution in [-0.4, -0.2) is 18.8 Å². The van der Waals surface area contributed by atoms with Crippen LogP contribution >= 0.6 is 0 Å². The van der Waals surface area contributed by atoms with E-state index in [1.807, 2.05) is 0 Å². The van der Waals surface area contributed by atoms with E-state index in [1.165, 1.54) is 12.1 Å². The Morgan fingerprint density at radius 1 is 0.643 bits per heavy atom. The summed E-state index contributed by atoms with van der Waals surface area (Å²) in [6, 6.07) is 10.0. The molecule has 0 atom stereocenters. The molecule has 126 valence electrons. The lowest BCUT2D eigenvalue weighted by Gasteiger charge is -1.90. The van der Waals surface area contributed by atoms with Crippen LogP contribution in [0, 0.1) is 45.3 Å². The van der Waals surface area contributed by atoms with Crippen LogP contribution in [0.2, 0.25) is 0 Å². The molecule has 0 spiro atoms. The molecule has 0 aliphatic carbocycles. The van der Waals surface area contributed by atoms with E-state index >= 15 is 0 Å². The van der Waals surface area contributed by atoms with Gasteiger partial charge in [0.05, 0.1) is 10.8 Å². The van der Waals surface area contributed by atoms with Crippen LogP contribution in [0.15, 0.2) is 21.7 Å². The first kappa shape index (κ1) is 15.2. The molecule has 28 heavy (non-hydrogen) atoms. The standard InChI is InChI=1S/C18H2N8O2/c19-3-11-13(5-21)25-15(23-11)7-1-8-10(2-9(7)17(25)27)18(28)26-14(6-22)12(4-20)24-16(8)26/h1-2H. The monoisotopic (exact) mass is 362 g/mol. The molecule has 1 aromatic carbocycles. The van der Waals surface area contributed by atoms with Gasteiger partial charge in [0.1, 0.15) is 24.3 Å². The van der Waals surface area contributed by atoms with Crippen LogP contribution in [0.25, 0.3) is 32.8 Å². The summed E-state index contributed by atoms with van der Waals surface area (Å²) in [6.45, 7) is 0. The van der Waals surface area contributed by atoms with Gasteiger partial charge in [-0.05, 0) is 12.1 Å². The van der Waals surface area contributed by atoms with E-state index in [9.17, 15) is 20.1 Å². The van der Waals surface area contributed by atoms with Gasteiger partial charge < -0.3 is 0 Å². The number of nitriles is 4. The number of hydrogen-bond acceptors (Lipinski definition) is 8. The quantitative estimate of drug-likeness (QED) is 0.381. The number of benzene rings is 1. The first-order chi connectivity index (χ1) is 13.5. The maximum absolute atomic E-state index is 12.8. The second-order valence-electron chi connectivity index (χ2n) is 5.94. The third-order valence-electron chi connectivity index (χ3n) is 4.68. The summed E-state index contributed by atoms with van der Waals surface area (Å²) in [6.07, 6.45) is 0. The molecule has 10 heteroatoms. The largest absolute Gasteiger partial charge is 0.268 e. The topological polar surface area (TPSA) is 164 Å². The van der Waals surface area contributed by atoms with Gasteiger partial charge in [-0.3, -0.25) is 9.59 Å². The molecular formula is C18H2N8O2. The van der Waals surface area contributed by atoms with Crippen molar-refractivity contribution < 1.29 is 0 Å². The molecule has 5 rings (SSSR count). The molecule has 5 aromatic rings. The maximum Gasteiger partial charge on any atom is 0.265 e. The summed E-state index contributed by atoms with van der Waals surface area (Å²) in [4.78, 5) is 33.7. The SMILES string of the molecule is N#Cc1nc2c3cc4c(cc3c(=O)n2c1C#N)c(=O)n1c(C#N)c(C#N)nc41. The third kappa shape index (κ3) is 1.48. The van der Waals surface area contributed by atoms with Gasteiger partial charge in [0.2, 0.25) is 0 Å². The molecule has 0 bridgehead atoms. The van der Waals surface area contributed by atoms with Crippen molar-refractivity contribution in [2.45, 2.75) is 0 Å². The van der Waals surface area contributed by atoms with Crippen molar-refractivity contribution in [3.05, 3.63) is 55.6 Å². The van der Waals surface area contributed by atoms with Crippen molar-refractivity contribution in [2.24, 2.45) is 0 Å². The first-order valence-corrected chi connectivity index (χ1v) is 7.69. The third-order valence-corrected chi connectivity index (χ3v) is 4.68. The Morgan fingerprint density at radius 2 is 1.04 bits per heavy atom. The fourth-order valence-electron chi connectivity index (χ4n) is 3.52. The van der Waals surface area contributed by atoms with Gasteiger partial charge in [-0.15, -0.1) is 0 Å². The van der Waals surface area contributed by atoms with Gasteiger partial charge in [0, 0.05) is 10.8 Å². The molecule has 0 N–H and O–H groups in total. The van der Waals surface area contributed by atoms with E-state index in [4.69, 9.17) is 10.5 Å². The number of nitrogens with zero attached hydrogens (tertiary/aromatic N) is 8. The highest BCUT2D eigenvalue weighted by Gasteiger charge is 2.24. The summed E-state index contributed by atoms with van der Waals surface area (Å²) in [5.41, 5.74) is -1.61. The summed E-state index contributed by atoms with van der Waals surface area (Å²) >= 11 is 0. The normalized spacial score (nSPS) is 11.0. The Bertz CT molecular complexity index is 1670. The molecule has 4 aromatic heterocycles. The highest BCUT2D eigenvalue weighted by atomic mass is 16.1. The molecule has 0 amide bonds. The van der Waals surface area contributed by atoms with Crippen LogP contribution < -0.4 is 11.1 Å². The molecule has 0 saturated heterocycles. The Balaban J connectivity index is 2.07. The fourth-order valence-corrected chi connectivity index (χ4v) is 3.52. The maximum atomic E-state index is 12.8. The number of aromatic nitrogens is 4. The van der Waals surface area contributed by atoms with Crippen molar-refractivity contribution >= 4 is 32.8 Å². The highest BCUT2D eigenvalue weighted by molar-refractivity contribution is 6.09. The van der Waals surface area contributed by atoms with E-state index in [0.717, 1.165) is 8.80 Å². The zero-order valence-corrected chi connectivity index (χ0v) is 13.5. The molecule has 0 aliphatic heterocycles. The molecule has 4 heterocycles. The first-order valence-electron chi connectivity index (χ1n) is 7.69. The minimum Gasteiger partial charge on any atom is -0.268 e. The van der Waals surface area contributed by atoms with E-state index in [2.05, 4.69) is 9.97 Å². The predicted octanol–water partition coefficient (Wildman–Crippen LogP) is 0.371. The number of imidazole rings is 2. The van der Waals surface area contributed by atoms with Crippen LogP contribution in [0.1, 0.15) is 22.8 Å². The molecule has 0 saturated carbocycles. The van der Waals surface area contributed by atoms with Gasteiger partial charge in [-0.2, -0.15) is 21.0 Å². The zero-order valence-electron chi connectivity index (χ0n) is 13.5. The average molecular weight is 362 g/mol. The van der Waals surface area contributed by atoms with E-state index in [-0.39, 0.29) is 44.8 Å². The summed E-state index contributed by atoms with van der Waals surface area (Å²) in [7, 11) is 0. The van der Waals surface area contributed by atoms with Crippen molar-refractivity contribution in [2.75, 3.05) is 0 Å². The van der Waals surface area contributed by atoms with Crippen LogP contribution in [0.4, 0.5) is 0 Å². The molecule has 0 fully saturated rings. The molecule has 0 aliphatic rings. The Hall–Kier alpha value is -5.06. The van der Waals surface area contributed by atoms with Gasteiger partial charge in [-0.25, -0.2) is 18.8 Å². The Kier molecular flexibility index (Phi) is 2.59. The van der Waals surface area contributed by atoms with Crippen LogP contribution in [0.3, 0.4) is 0 Å². The lowest BCUT2D eigenvalue weighted by atomic mass is 10.1. The number of hydrogen-bond donors (Lipinski definition) is 0. The van der Waals surface area contributed by atoms with E-state index in [0.29, 0.717) is 10.8 Å². The minimum absolute atomic E-state index is 0.120. The predicted molar refractivity (Wildman–Crippen MR) is 92.7 cm³/mol. The van der Waals surface area contributed by atoms with E-state index in [1.54, 1.807) is 24.3 Å². The average Bonchev–Trinajstić information content (AvgIpc) is 3.41. The summed E-state index contributed by atoms with van der Waals surface area (Å²) < 4.78 is 2.08.